The van der Waals surface area contributed by atoms with Crippen molar-refractivity contribution in [3.63, 3.8) is 0 Å². The molecule has 16 heavy (non-hydrogen) atoms. The van der Waals surface area contributed by atoms with Gasteiger partial charge in [-0.2, -0.15) is 0 Å². The van der Waals surface area contributed by atoms with E-state index < -0.39 is 23.9 Å². The number of aliphatic hydroxyl groups excluding tert-OH is 1. The number of benzene rings is 1. The van der Waals surface area contributed by atoms with Crippen LogP contribution < -0.4 is 0 Å². The van der Waals surface area contributed by atoms with Crippen LogP contribution >= 0.6 is 0 Å². The lowest BCUT2D eigenvalue weighted by atomic mass is 9.88. The number of hydrogen-bond donors (Lipinski definition) is 2. The lowest BCUT2D eigenvalue weighted by molar-refractivity contribution is -0.142. The zero-order valence-corrected chi connectivity index (χ0v) is 8.64. The fourth-order valence-corrected chi connectivity index (χ4v) is 2.39. The highest BCUT2D eigenvalue weighted by Crippen LogP contribution is 2.39. The number of carbonyl (C=O) groups is 1. The van der Waals surface area contributed by atoms with Gasteiger partial charge in [-0.05, 0) is 30.5 Å². The summed E-state index contributed by atoms with van der Waals surface area (Å²) in [6, 6.07) is 5.67. The molecular formula is C12H13FO3. The molecule has 3 nitrogen and oxygen atoms in total. The molecule has 4 heteroatoms. The summed E-state index contributed by atoms with van der Waals surface area (Å²) in [7, 11) is 0. The van der Waals surface area contributed by atoms with Crippen LogP contribution in [0.3, 0.4) is 0 Å². The smallest absolute Gasteiger partial charge is 0.307 e. The Kier molecular flexibility index (Phi) is 2.92. The molecule has 0 unspecified atom stereocenters. The Hall–Kier alpha value is -1.42. The molecule has 1 aromatic carbocycles. The molecule has 0 amide bonds. The van der Waals surface area contributed by atoms with Crippen molar-refractivity contribution in [3.05, 3.63) is 35.6 Å². The van der Waals surface area contributed by atoms with E-state index in [-0.39, 0.29) is 5.82 Å². The Morgan fingerprint density at radius 1 is 1.25 bits per heavy atom. The molecule has 1 aromatic rings. The van der Waals surface area contributed by atoms with Crippen LogP contribution in [0.15, 0.2) is 24.3 Å². The first-order valence-corrected chi connectivity index (χ1v) is 5.26. The molecule has 0 bridgehead atoms. The summed E-state index contributed by atoms with van der Waals surface area (Å²) < 4.78 is 12.7. The van der Waals surface area contributed by atoms with Crippen LogP contribution in [0.2, 0.25) is 0 Å². The lowest BCUT2D eigenvalue weighted by Gasteiger charge is -2.19. The number of rotatable bonds is 2. The largest absolute Gasteiger partial charge is 0.481 e. The second-order valence-corrected chi connectivity index (χ2v) is 4.17. The first kappa shape index (κ1) is 11.1. The van der Waals surface area contributed by atoms with Crippen molar-refractivity contribution < 1.29 is 19.4 Å². The van der Waals surface area contributed by atoms with Gasteiger partial charge in [-0.1, -0.05) is 12.1 Å². The molecule has 1 aliphatic rings. The van der Waals surface area contributed by atoms with Gasteiger partial charge in [0.25, 0.3) is 0 Å². The van der Waals surface area contributed by atoms with Gasteiger partial charge in [-0.3, -0.25) is 4.79 Å². The van der Waals surface area contributed by atoms with Crippen molar-refractivity contribution in [2.24, 2.45) is 5.92 Å². The minimum atomic E-state index is -0.897. The Morgan fingerprint density at radius 2 is 1.88 bits per heavy atom. The maximum Gasteiger partial charge on any atom is 0.307 e. The Morgan fingerprint density at radius 3 is 2.44 bits per heavy atom. The summed E-state index contributed by atoms with van der Waals surface area (Å²) in [5.74, 6) is -2.24. The Bertz CT molecular complexity index is 388. The van der Waals surface area contributed by atoms with Crippen molar-refractivity contribution in [2.45, 2.75) is 24.9 Å². The molecule has 0 radical (unpaired) electrons. The summed E-state index contributed by atoms with van der Waals surface area (Å²) in [5, 5.41) is 18.8. The van der Waals surface area contributed by atoms with Crippen LogP contribution in [-0.4, -0.2) is 22.3 Å². The van der Waals surface area contributed by atoms with Gasteiger partial charge in [0.15, 0.2) is 0 Å². The summed E-state index contributed by atoms with van der Waals surface area (Å²) in [5.41, 5.74) is 0.693. The normalized spacial score (nSPS) is 29.2. The second kappa shape index (κ2) is 4.22. The Labute approximate surface area is 92.5 Å². The zero-order chi connectivity index (χ0) is 11.7. The third kappa shape index (κ3) is 1.93. The predicted molar refractivity (Wildman–Crippen MR) is 55.5 cm³/mol. The van der Waals surface area contributed by atoms with E-state index in [4.69, 9.17) is 5.11 Å². The average Bonchev–Trinajstić information content (AvgIpc) is 2.62. The monoisotopic (exact) mass is 224 g/mol. The third-order valence-electron chi connectivity index (χ3n) is 3.19. The number of hydrogen-bond acceptors (Lipinski definition) is 2. The highest BCUT2D eigenvalue weighted by atomic mass is 19.1. The third-order valence-corrected chi connectivity index (χ3v) is 3.19. The van der Waals surface area contributed by atoms with E-state index >= 15 is 0 Å². The van der Waals surface area contributed by atoms with Crippen LogP contribution in [0.25, 0.3) is 0 Å². The summed E-state index contributed by atoms with van der Waals surface area (Å²) in [6.45, 7) is 0. The highest BCUT2D eigenvalue weighted by molar-refractivity contribution is 5.72. The number of carboxylic acids is 1. The van der Waals surface area contributed by atoms with Gasteiger partial charge < -0.3 is 10.2 Å². The van der Waals surface area contributed by atoms with Crippen molar-refractivity contribution in [2.75, 3.05) is 0 Å². The van der Waals surface area contributed by atoms with Crippen LogP contribution in [0, 0.1) is 11.7 Å². The number of aliphatic hydroxyl groups is 1. The first-order valence-electron chi connectivity index (χ1n) is 5.26. The van der Waals surface area contributed by atoms with E-state index in [1.165, 1.54) is 12.1 Å². The first-order chi connectivity index (χ1) is 7.59. The van der Waals surface area contributed by atoms with Gasteiger partial charge in [0, 0.05) is 5.92 Å². The summed E-state index contributed by atoms with van der Waals surface area (Å²) >= 11 is 0. The lowest BCUT2D eigenvalue weighted by Crippen LogP contribution is -2.22. The van der Waals surface area contributed by atoms with Gasteiger partial charge in [0.1, 0.15) is 5.82 Å². The van der Waals surface area contributed by atoms with Gasteiger partial charge in [0.2, 0.25) is 0 Å². The van der Waals surface area contributed by atoms with Crippen LogP contribution in [0.1, 0.15) is 24.3 Å². The molecule has 0 aromatic heterocycles. The molecule has 2 rings (SSSR count). The van der Waals surface area contributed by atoms with E-state index in [0.717, 1.165) is 0 Å². The average molecular weight is 224 g/mol. The van der Waals surface area contributed by atoms with E-state index in [1.54, 1.807) is 12.1 Å². The van der Waals surface area contributed by atoms with E-state index in [2.05, 4.69) is 0 Å². The number of halogens is 1. The van der Waals surface area contributed by atoms with E-state index in [9.17, 15) is 14.3 Å². The van der Waals surface area contributed by atoms with Crippen molar-refractivity contribution in [1.29, 1.82) is 0 Å². The molecule has 0 saturated heterocycles. The molecule has 1 aliphatic carbocycles. The molecule has 2 N–H and O–H groups in total. The standard InChI is InChI=1S/C12H13FO3/c13-8-3-1-7(2-4-8)11-9(12(15)16)5-6-10(11)14/h1-4,9-11,14H,5-6H2,(H,15,16)/t9-,10+,11+/m1/s1. The van der Waals surface area contributed by atoms with Crippen LogP contribution in [0.4, 0.5) is 4.39 Å². The highest BCUT2D eigenvalue weighted by Gasteiger charge is 2.40. The molecule has 0 spiro atoms. The molecule has 3 atom stereocenters. The SMILES string of the molecule is O=C(O)[C@@H]1CC[C@H](O)[C@H]1c1ccc(F)cc1. The maximum atomic E-state index is 12.7. The minimum absolute atomic E-state index is 0.358. The van der Waals surface area contributed by atoms with Gasteiger partial charge in [0.05, 0.1) is 12.0 Å². The quantitative estimate of drug-likeness (QED) is 0.804. The van der Waals surface area contributed by atoms with Gasteiger partial charge in [-0.15, -0.1) is 0 Å². The van der Waals surface area contributed by atoms with Crippen molar-refractivity contribution >= 4 is 5.97 Å². The molecule has 0 aliphatic heterocycles. The molecule has 86 valence electrons. The van der Waals surface area contributed by atoms with Crippen molar-refractivity contribution in [3.8, 4) is 0 Å². The van der Waals surface area contributed by atoms with E-state index in [1.807, 2.05) is 0 Å². The topological polar surface area (TPSA) is 57.5 Å². The minimum Gasteiger partial charge on any atom is -0.481 e. The van der Waals surface area contributed by atoms with Crippen LogP contribution in [-0.2, 0) is 4.79 Å². The van der Waals surface area contributed by atoms with Gasteiger partial charge >= 0.3 is 5.97 Å². The van der Waals surface area contributed by atoms with E-state index in [0.29, 0.717) is 18.4 Å². The molecular weight excluding hydrogens is 211 g/mol. The number of carboxylic acid groups (broad SMARTS) is 1. The zero-order valence-electron chi connectivity index (χ0n) is 8.64. The van der Waals surface area contributed by atoms with Crippen LogP contribution in [0.5, 0.6) is 0 Å². The fourth-order valence-electron chi connectivity index (χ4n) is 2.39. The second-order valence-electron chi connectivity index (χ2n) is 4.17. The molecule has 0 heterocycles. The summed E-state index contributed by atoms with van der Waals surface area (Å²) in [4.78, 5) is 11.0. The summed E-state index contributed by atoms with van der Waals surface area (Å²) in [6.07, 6.45) is 0.309. The fraction of sp³-hybridized carbons (Fsp3) is 0.417. The van der Waals surface area contributed by atoms with Gasteiger partial charge in [-0.25, -0.2) is 4.39 Å². The molecule has 1 fully saturated rings. The Balaban J connectivity index is 2.29. The number of aliphatic carboxylic acids is 1. The predicted octanol–water partition coefficient (Wildman–Crippen LogP) is 1.76. The van der Waals surface area contributed by atoms with Crippen molar-refractivity contribution in [1.82, 2.24) is 0 Å². The molecule has 1 saturated carbocycles. The maximum absolute atomic E-state index is 12.7.